The monoisotopic (exact) mass is 317 g/mol. The zero-order valence-electron chi connectivity index (χ0n) is 13.2. The summed E-state index contributed by atoms with van der Waals surface area (Å²) < 4.78 is 19.8. The van der Waals surface area contributed by atoms with Gasteiger partial charge in [-0.1, -0.05) is 60.7 Å². The van der Waals surface area contributed by atoms with E-state index in [1.54, 1.807) is 7.11 Å². The number of aromatic nitrogens is 1. The van der Waals surface area contributed by atoms with Crippen LogP contribution in [0.5, 0.6) is 5.75 Å². The first-order valence-corrected chi connectivity index (χ1v) is 7.78. The molecule has 3 heteroatoms. The molecule has 3 aromatic carbocycles. The van der Waals surface area contributed by atoms with Crippen LogP contribution in [0.1, 0.15) is 0 Å². The van der Waals surface area contributed by atoms with Crippen LogP contribution in [0.3, 0.4) is 0 Å². The van der Waals surface area contributed by atoms with Crippen LogP contribution in [0.4, 0.5) is 4.39 Å². The SMILES string of the molecule is COc1cc(F)c2[nH]c(-c3ccccc3)c(-c3ccccc3)c2c1. The second kappa shape index (κ2) is 5.85. The van der Waals surface area contributed by atoms with Crippen LogP contribution in [-0.2, 0) is 0 Å². The zero-order valence-corrected chi connectivity index (χ0v) is 13.2. The number of rotatable bonds is 3. The van der Waals surface area contributed by atoms with E-state index in [2.05, 4.69) is 4.98 Å². The first-order chi connectivity index (χ1) is 11.8. The van der Waals surface area contributed by atoms with Crippen molar-refractivity contribution in [2.45, 2.75) is 0 Å². The summed E-state index contributed by atoms with van der Waals surface area (Å²) in [5.74, 6) is 0.194. The topological polar surface area (TPSA) is 25.0 Å². The van der Waals surface area contributed by atoms with Crippen molar-refractivity contribution in [1.29, 1.82) is 0 Å². The highest BCUT2D eigenvalue weighted by Crippen LogP contribution is 2.40. The Labute approximate surface area is 139 Å². The van der Waals surface area contributed by atoms with Crippen molar-refractivity contribution >= 4 is 10.9 Å². The molecule has 0 radical (unpaired) electrons. The molecule has 1 aromatic heterocycles. The highest BCUT2D eigenvalue weighted by Gasteiger charge is 2.18. The van der Waals surface area contributed by atoms with Gasteiger partial charge in [-0.05, 0) is 17.2 Å². The Morgan fingerprint density at radius 1 is 0.833 bits per heavy atom. The third-order valence-corrected chi connectivity index (χ3v) is 4.19. The van der Waals surface area contributed by atoms with Gasteiger partial charge in [0, 0.05) is 17.0 Å². The zero-order chi connectivity index (χ0) is 16.5. The fourth-order valence-electron chi connectivity index (χ4n) is 3.07. The van der Waals surface area contributed by atoms with E-state index in [0.717, 1.165) is 27.8 Å². The molecular formula is C21H16FNO. The van der Waals surface area contributed by atoms with Crippen molar-refractivity contribution in [3.63, 3.8) is 0 Å². The lowest BCUT2D eigenvalue weighted by Crippen LogP contribution is -1.85. The highest BCUT2D eigenvalue weighted by molar-refractivity contribution is 6.04. The fourth-order valence-corrected chi connectivity index (χ4v) is 3.07. The number of methoxy groups -OCH3 is 1. The van der Waals surface area contributed by atoms with Gasteiger partial charge in [0.2, 0.25) is 0 Å². The average molecular weight is 317 g/mol. The molecule has 4 rings (SSSR count). The summed E-state index contributed by atoms with van der Waals surface area (Å²) in [5, 5.41) is 0.817. The molecule has 24 heavy (non-hydrogen) atoms. The van der Waals surface area contributed by atoms with Gasteiger partial charge < -0.3 is 9.72 Å². The molecule has 1 heterocycles. The van der Waals surface area contributed by atoms with Crippen molar-refractivity contribution in [2.75, 3.05) is 7.11 Å². The van der Waals surface area contributed by atoms with E-state index in [1.807, 2.05) is 66.7 Å². The predicted molar refractivity (Wildman–Crippen MR) is 95.7 cm³/mol. The van der Waals surface area contributed by atoms with Crippen LogP contribution in [0, 0.1) is 5.82 Å². The molecule has 118 valence electrons. The summed E-state index contributed by atoms with van der Waals surface area (Å²) in [4.78, 5) is 3.27. The van der Waals surface area contributed by atoms with Gasteiger partial charge in [0.25, 0.3) is 0 Å². The van der Waals surface area contributed by atoms with Crippen molar-refractivity contribution in [3.8, 4) is 28.1 Å². The van der Waals surface area contributed by atoms with Crippen molar-refractivity contribution < 1.29 is 9.13 Å². The first-order valence-electron chi connectivity index (χ1n) is 7.78. The Kier molecular flexibility index (Phi) is 3.54. The van der Waals surface area contributed by atoms with Crippen molar-refractivity contribution in [1.82, 2.24) is 4.98 Å². The minimum absolute atomic E-state index is 0.316. The number of halogens is 1. The maximum absolute atomic E-state index is 14.5. The third kappa shape index (κ3) is 2.35. The molecule has 2 nitrogen and oxygen atoms in total. The third-order valence-electron chi connectivity index (χ3n) is 4.19. The van der Waals surface area contributed by atoms with Crippen LogP contribution in [0.15, 0.2) is 72.8 Å². The number of H-pyrrole nitrogens is 1. The molecular weight excluding hydrogens is 301 g/mol. The lowest BCUT2D eigenvalue weighted by Gasteiger charge is -2.06. The molecule has 0 atom stereocenters. The summed E-state index contributed by atoms with van der Waals surface area (Å²) in [5.41, 5.74) is 4.44. The summed E-state index contributed by atoms with van der Waals surface area (Å²) in [7, 11) is 1.55. The fraction of sp³-hybridized carbons (Fsp3) is 0.0476. The molecule has 0 bridgehead atoms. The van der Waals surface area contributed by atoms with Gasteiger partial charge in [0.15, 0.2) is 5.82 Å². The van der Waals surface area contributed by atoms with Crippen LogP contribution >= 0.6 is 0 Å². The molecule has 0 aliphatic carbocycles. The van der Waals surface area contributed by atoms with Gasteiger partial charge in [-0.3, -0.25) is 0 Å². The Morgan fingerprint density at radius 2 is 1.46 bits per heavy atom. The number of ether oxygens (including phenoxy) is 1. The number of benzene rings is 3. The lowest BCUT2D eigenvalue weighted by molar-refractivity contribution is 0.412. The van der Waals surface area contributed by atoms with E-state index in [-0.39, 0.29) is 5.82 Å². The van der Waals surface area contributed by atoms with E-state index >= 15 is 0 Å². The van der Waals surface area contributed by atoms with Crippen LogP contribution in [-0.4, -0.2) is 12.1 Å². The Hall–Kier alpha value is -3.07. The van der Waals surface area contributed by atoms with E-state index in [9.17, 15) is 4.39 Å². The molecule has 0 saturated carbocycles. The lowest BCUT2D eigenvalue weighted by atomic mass is 9.98. The van der Waals surface area contributed by atoms with Gasteiger partial charge in [-0.25, -0.2) is 4.39 Å². The van der Waals surface area contributed by atoms with E-state index in [0.29, 0.717) is 11.3 Å². The van der Waals surface area contributed by atoms with Gasteiger partial charge in [0.05, 0.1) is 18.3 Å². The smallest absolute Gasteiger partial charge is 0.150 e. The van der Waals surface area contributed by atoms with E-state index < -0.39 is 0 Å². The molecule has 0 fully saturated rings. The molecule has 0 aliphatic heterocycles. The summed E-state index contributed by atoms with van der Waals surface area (Å²) in [6, 6.07) is 23.3. The predicted octanol–water partition coefficient (Wildman–Crippen LogP) is 5.65. The summed E-state index contributed by atoms with van der Waals surface area (Å²) >= 11 is 0. The van der Waals surface area contributed by atoms with Crippen molar-refractivity contribution in [2.24, 2.45) is 0 Å². The minimum atomic E-state index is -0.316. The molecule has 0 amide bonds. The maximum Gasteiger partial charge on any atom is 0.150 e. The van der Waals surface area contributed by atoms with Crippen molar-refractivity contribution in [3.05, 3.63) is 78.6 Å². The van der Waals surface area contributed by atoms with Crippen LogP contribution in [0.2, 0.25) is 0 Å². The number of fused-ring (bicyclic) bond motifs is 1. The quantitative estimate of drug-likeness (QED) is 0.519. The number of hydrogen-bond acceptors (Lipinski definition) is 1. The number of nitrogens with one attached hydrogen (secondary N) is 1. The summed E-state index contributed by atoms with van der Waals surface area (Å²) in [6.07, 6.45) is 0. The van der Waals surface area contributed by atoms with E-state index in [4.69, 9.17) is 4.74 Å². The Morgan fingerprint density at radius 3 is 2.08 bits per heavy atom. The van der Waals surface area contributed by atoms with Crippen LogP contribution in [0.25, 0.3) is 33.3 Å². The average Bonchev–Trinajstić information content (AvgIpc) is 3.03. The number of aromatic amines is 1. The second-order valence-electron chi connectivity index (χ2n) is 5.64. The molecule has 0 unspecified atom stereocenters. The first kappa shape index (κ1) is 14.5. The molecule has 0 spiro atoms. The normalized spacial score (nSPS) is 10.9. The second-order valence-corrected chi connectivity index (χ2v) is 5.64. The van der Waals surface area contributed by atoms with Crippen LogP contribution < -0.4 is 4.74 Å². The van der Waals surface area contributed by atoms with Gasteiger partial charge in [-0.2, -0.15) is 0 Å². The Bertz CT molecular complexity index is 991. The largest absolute Gasteiger partial charge is 0.497 e. The molecule has 1 N–H and O–H groups in total. The Balaban J connectivity index is 2.10. The van der Waals surface area contributed by atoms with E-state index in [1.165, 1.54) is 6.07 Å². The molecule has 0 saturated heterocycles. The molecule has 0 aliphatic rings. The van der Waals surface area contributed by atoms with Gasteiger partial charge >= 0.3 is 0 Å². The molecule has 4 aromatic rings. The number of hydrogen-bond donors (Lipinski definition) is 1. The van der Waals surface area contributed by atoms with Gasteiger partial charge in [-0.15, -0.1) is 0 Å². The minimum Gasteiger partial charge on any atom is -0.497 e. The maximum atomic E-state index is 14.5. The van der Waals surface area contributed by atoms with Gasteiger partial charge in [0.1, 0.15) is 5.75 Å². The standard InChI is InChI=1S/C21H16FNO/c1-24-16-12-17-19(14-8-4-2-5-9-14)20(15-10-6-3-7-11-15)23-21(17)18(22)13-16/h2-13,23H,1H3. The summed E-state index contributed by atoms with van der Waals surface area (Å²) in [6.45, 7) is 0. The highest BCUT2D eigenvalue weighted by atomic mass is 19.1.